The van der Waals surface area contributed by atoms with Crippen LogP contribution in [0, 0.1) is 6.92 Å². The van der Waals surface area contributed by atoms with Crippen LogP contribution >= 0.6 is 0 Å². The number of aryl methyl sites for hydroxylation is 1. The molecule has 16 rings (SSSR count). The van der Waals surface area contributed by atoms with Crippen LogP contribution in [0.3, 0.4) is 0 Å². The first-order chi connectivity index (χ1) is 63.7. The van der Waals surface area contributed by atoms with E-state index in [-0.39, 0.29) is 71.6 Å². The summed E-state index contributed by atoms with van der Waals surface area (Å²) >= 11 is 0. The van der Waals surface area contributed by atoms with Crippen molar-refractivity contribution in [2.24, 2.45) is 0 Å². The van der Waals surface area contributed by atoms with Gasteiger partial charge in [0, 0.05) is 5.56 Å². The Hall–Kier alpha value is -8.31. The van der Waals surface area contributed by atoms with Gasteiger partial charge in [-0.3, -0.25) is 0 Å². The topological polar surface area (TPSA) is 231 Å². The lowest BCUT2D eigenvalue weighted by Gasteiger charge is -2.33. The average Bonchev–Trinajstić information content (AvgIpc) is 0.765. The molecule has 0 bridgehead atoms. The predicted molar refractivity (Wildman–Crippen MR) is 518 cm³/mol. The highest BCUT2D eigenvalue weighted by molar-refractivity contribution is 7.97. The van der Waals surface area contributed by atoms with Gasteiger partial charge in [0.15, 0.2) is 40.6 Å². The van der Waals surface area contributed by atoms with Crippen molar-refractivity contribution < 1.29 is 89.4 Å². The van der Waals surface area contributed by atoms with E-state index < -0.39 is 67.1 Å². The molecule has 2 N–H and O–H groups in total. The van der Waals surface area contributed by atoms with Crippen molar-refractivity contribution in [2.75, 3.05) is 34.4 Å². The second kappa shape index (κ2) is 49.3. The summed E-state index contributed by atoms with van der Waals surface area (Å²) in [5.74, 6) is 2.63. The maximum atomic E-state index is 12.8. The smallest absolute Gasteiger partial charge is 0.420 e. The molecule has 6 aliphatic carbocycles. The number of quaternary nitrogens is 1. The van der Waals surface area contributed by atoms with E-state index >= 15 is 0 Å². The van der Waals surface area contributed by atoms with Gasteiger partial charge in [-0.05, 0) is 276 Å². The summed E-state index contributed by atoms with van der Waals surface area (Å²) in [4.78, 5) is 6.80. The van der Waals surface area contributed by atoms with Gasteiger partial charge in [-0.1, -0.05) is 261 Å². The Morgan fingerprint density at radius 3 is 0.784 bits per heavy atom. The number of alkyl halides is 6. The Morgan fingerprint density at radius 2 is 0.560 bits per heavy atom. The van der Waals surface area contributed by atoms with E-state index in [1.807, 2.05) is 104 Å². The van der Waals surface area contributed by atoms with Gasteiger partial charge in [0.25, 0.3) is 0 Å². The molecule has 0 aliphatic heterocycles. The van der Waals surface area contributed by atoms with Crippen molar-refractivity contribution in [3.05, 3.63) is 293 Å². The van der Waals surface area contributed by atoms with Crippen LogP contribution in [0.25, 0.3) is 0 Å². The first-order valence-electron chi connectivity index (χ1n) is 47.6. The summed E-state index contributed by atoms with van der Waals surface area (Å²) in [5, 5.41) is 19.0. The van der Waals surface area contributed by atoms with E-state index in [1.165, 1.54) is 119 Å². The normalized spacial score (nSPS) is 17.6. The zero-order chi connectivity index (χ0) is 96.3. The zero-order valence-corrected chi connectivity index (χ0v) is 82.2. The van der Waals surface area contributed by atoms with Crippen molar-refractivity contribution in [3.63, 3.8) is 0 Å². The van der Waals surface area contributed by atoms with Gasteiger partial charge < -0.3 is 37.8 Å². The summed E-state index contributed by atoms with van der Waals surface area (Å²) in [6.45, 7) is 2.59. The van der Waals surface area contributed by atoms with Crippen LogP contribution in [-0.4, -0.2) is 112 Å². The van der Waals surface area contributed by atoms with E-state index in [4.69, 9.17) is 9.47 Å². The highest BCUT2D eigenvalue weighted by Gasteiger charge is 2.52. The minimum absolute atomic E-state index is 0.178. The van der Waals surface area contributed by atoms with Crippen molar-refractivity contribution in [1.82, 2.24) is 0 Å². The Labute approximate surface area is 798 Å². The third-order valence-electron chi connectivity index (χ3n) is 26.3. The standard InChI is InChI=1S/2C24H36O3S.2C22H20F3O2S.C10H16N.C7H8O3S/c2*25-28(26,27)24-22(19-12-6-2-7-13-19)16-21(18-10-4-1-5-11-18)17-23(24)20-14-8-3-9-15-20;2*1-21(26,22(23,24)25)16-27-17-12-14-20(15-13-17)28(18-8-4-2-5-9-18)19-10-6-3-7-11-19;1-11(2,3)9-10-7-5-4-6-8-10;1-6-2-4-7(5-3-6)11(8,9)10/h2*16-20H,1-15H2,(H,25,26,27);2*2-15,26H,16H2,1H3;4-8H,9H2,1-3H3;2-5H,1H3,(H,8,9,10)/q;;3*+1;/p-3. The number of hydrogen-bond acceptors (Lipinski definition) is 13. The summed E-state index contributed by atoms with van der Waals surface area (Å²) in [5.41, 5.74) is 2.74. The van der Waals surface area contributed by atoms with Crippen molar-refractivity contribution in [2.45, 2.75) is 323 Å². The fraction of sp³-hybridized carbons (Fsp3) is 0.450. The predicted octanol–water partition coefficient (Wildman–Crippen LogP) is 27.2. The Kier molecular flexibility index (Phi) is 39.1. The Balaban J connectivity index is 0.000000160. The third kappa shape index (κ3) is 31.6. The van der Waals surface area contributed by atoms with Gasteiger partial charge in [-0.2, -0.15) is 26.3 Å². The minimum atomic E-state index is -4.75. The van der Waals surface area contributed by atoms with Gasteiger partial charge in [-0.25, -0.2) is 25.3 Å². The molecule has 14 nitrogen and oxygen atoms in total. The second-order valence-electron chi connectivity index (χ2n) is 38.1. The molecule has 0 radical (unpaired) electrons. The molecule has 0 spiro atoms. The molecule has 724 valence electrons. The fourth-order valence-electron chi connectivity index (χ4n) is 19.0. The summed E-state index contributed by atoms with van der Waals surface area (Å²) in [7, 11) is -7.27. The second-order valence-corrected chi connectivity index (χ2v) is 46.2. The van der Waals surface area contributed by atoms with E-state index in [9.17, 15) is 75.5 Å². The molecule has 6 fully saturated rings. The third-order valence-corrected chi connectivity index (χ3v) is 33.5. The molecule has 0 heterocycles. The largest absolute Gasteiger partial charge is 0.744 e. The zero-order valence-electron chi connectivity index (χ0n) is 78.1. The molecule has 2 unspecified atom stereocenters. The number of nitrogens with zero attached hydrogens (tertiary/aromatic N) is 1. The Morgan fingerprint density at radius 1 is 0.328 bits per heavy atom. The molecule has 2 atom stereocenters. The van der Waals surface area contributed by atoms with E-state index in [0.29, 0.717) is 25.7 Å². The lowest BCUT2D eigenvalue weighted by molar-refractivity contribution is -0.884. The van der Waals surface area contributed by atoms with Crippen molar-refractivity contribution in [1.29, 1.82) is 0 Å². The summed E-state index contributed by atoms with van der Waals surface area (Å²) in [6.07, 6.45) is 25.4. The van der Waals surface area contributed by atoms with Crippen LogP contribution in [0.15, 0.2) is 293 Å². The average molecular weight is 1940 g/mol. The van der Waals surface area contributed by atoms with Crippen LogP contribution in [0.5, 0.6) is 11.5 Å². The maximum absolute atomic E-state index is 12.8. The van der Waals surface area contributed by atoms with E-state index in [1.54, 1.807) is 36.4 Å². The fourth-order valence-corrected chi connectivity index (χ4v) is 25.7. The number of ether oxygens (including phenoxy) is 2. The molecule has 0 amide bonds. The molecule has 134 heavy (non-hydrogen) atoms. The molecular formula is C109H133F6NO13S5. The number of aliphatic hydroxyl groups is 2. The number of rotatable bonds is 23. The van der Waals surface area contributed by atoms with Gasteiger partial charge in [-0.15, -0.1) is 0 Å². The highest BCUT2D eigenvalue weighted by atomic mass is 32.2. The molecule has 6 aliphatic rings. The molecule has 10 aromatic rings. The number of hydrogen-bond donors (Lipinski definition) is 2. The Bertz CT molecular complexity index is 5140. The molecule has 6 saturated carbocycles. The summed E-state index contributed by atoms with van der Waals surface area (Å²) in [6, 6.07) is 79.0. The van der Waals surface area contributed by atoms with Crippen LogP contribution < -0.4 is 9.47 Å². The van der Waals surface area contributed by atoms with E-state index in [2.05, 4.69) is 124 Å². The molecule has 25 heteroatoms. The SMILES string of the molecule is CC(O)(COc1ccc([S+](c2ccccc2)c2ccccc2)cc1)C(F)(F)F.CC(O)(COc1ccc([S+](c2ccccc2)c2ccccc2)cc1)C(F)(F)F.C[N+](C)(C)Cc1ccccc1.Cc1ccc(S(=O)(=O)[O-])cc1.O=S(=O)([O-])c1c(C2CCCCC2)cc(C2CCCCC2)cc1C1CCCCC1.O=S(=O)([O-])c1c(C2CCCCC2)cc(C2CCCCC2)cc1C1CCCCC1. The van der Waals surface area contributed by atoms with Gasteiger partial charge in [0.2, 0.25) is 0 Å². The molecule has 10 aromatic carbocycles. The van der Waals surface area contributed by atoms with E-state index in [0.717, 1.165) is 171 Å². The monoisotopic (exact) mass is 1940 g/mol. The number of benzene rings is 10. The molecular weight excluding hydrogens is 1810 g/mol. The van der Waals surface area contributed by atoms with Gasteiger partial charge in [0.1, 0.15) is 61.6 Å². The maximum Gasteiger partial charge on any atom is 0.420 e. The van der Waals surface area contributed by atoms with Crippen LogP contribution in [-0.2, 0) is 58.7 Å². The number of halogens is 6. The van der Waals surface area contributed by atoms with Crippen molar-refractivity contribution >= 4 is 52.1 Å². The highest BCUT2D eigenvalue weighted by Crippen LogP contribution is 2.49. The van der Waals surface area contributed by atoms with Crippen LogP contribution in [0.4, 0.5) is 26.3 Å². The lowest BCUT2D eigenvalue weighted by atomic mass is 9.76. The minimum Gasteiger partial charge on any atom is -0.744 e. The van der Waals surface area contributed by atoms with Gasteiger partial charge in [0.05, 0.1) is 57.6 Å². The van der Waals surface area contributed by atoms with Crippen LogP contribution in [0.1, 0.15) is 286 Å². The van der Waals surface area contributed by atoms with Gasteiger partial charge >= 0.3 is 12.4 Å². The van der Waals surface area contributed by atoms with Crippen molar-refractivity contribution in [3.8, 4) is 11.5 Å². The quantitative estimate of drug-likeness (QED) is 0.0263. The first kappa shape index (κ1) is 106. The molecule has 0 aromatic heterocycles. The van der Waals surface area contributed by atoms with Crippen LogP contribution in [0.2, 0.25) is 0 Å². The first-order valence-corrected chi connectivity index (χ1v) is 54.3. The lowest BCUT2D eigenvalue weighted by Crippen LogP contribution is -2.47. The molecule has 0 saturated heterocycles. The summed E-state index contributed by atoms with van der Waals surface area (Å²) < 4.78 is 194.